The van der Waals surface area contributed by atoms with E-state index in [2.05, 4.69) is 36.8 Å². The lowest BCUT2D eigenvalue weighted by atomic mass is 9.98. The van der Waals surface area contributed by atoms with E-state index in [1.54, 1.807) is 30.3 Å². The number of aromatic nitrogens is 1. The van der Waals surface area contributed by atoms with Crippen molar-refractivity contribution in [3.05, 3.63) is 102 Å². The minimum Gasteiger partial charge on any atom is -0.450 e. The van der Waals surface area contributed by atoms with Crippen molar-refractivity contribution in [2.45, 2.75) is 6.04 Å². The zero-order chi connectivity index (χ0) is 21.0. The fourth-order valence-corrected chi connectivity index (χ4v) is 4.39. The van der Waals surface area contributed by atoms with Gasteiger partial charge in [0.15, 0.2) is 5.43 Å². The lowest BCUT2D eigenvalue weighted by Gasteiger charge is -2.24. The number of anilines is 1. The van der Waals surface area contributed by atoms with Crippen LogP contribution in [-0.4, -0.2) is 10.9 Å². The van der Waals surface area contributed by atoms with Crippen molar-refractivity contribution in [2.75, 3.05) is 4.90 Å². The highest BCUT2D eigenvalue weighted by atomic mass is 79.9. The topological polar surface area (TPSA) is 63.4 Å². The molecule has 4 aromatic rings. The highest BCUT2D eigenvalue weighted by Crippen LogP contribution is 2.41. The summed E-state index contributed by atoms with van der Waals surface area (Å²) in [4.78, 5) is 32.7. The largest absolute Gasteiger partial charge is 0.450 e. The highest BCUT2D eigenvalue weighted by molar-refractivity contribution is 9.10. The summed E-state index contributed by atoms with van der Waals surface area (Å²) in [5.74, 6) is -0.0116. The summed E-state index contributed by atoms with van der Waals surface area (Å²) < 4.78 is 7.57. The van der Waals surface area contributed by atoms with Crippen LogP contribution in [0.5, 0.6) is 0 Å². The minimum absolute atomic E-state index is 0.0273. The van der Waals surface area contributed by atoms with Crippen LogP contribution in [0.3, 0.4) is 0 Å². The van der Waals surface area contributed by atoms with Gasteiger partial charge in [0.1, 0.15) is 11.4 Å². The monoisotopic (exact) mass is 544 g/mol. The molecule has 0 fully saturated rings. The van der Waals surface area contributed by atoms with E-state index in [0.29, 0.717) is 27.4 Å². The zero-order valence-electron chi connectivity index (χ0n) is 15.1. The van der Waals surface area contributed by atoms with Gasteiger partial charge in [-0.1, -0.05) is 55.6 Å². The first-order valence-corrected chi connectivity index (χ1v) is 10.9. The Hall–Kier alpha value is -2.48. The average Bonchev–Trinajstić information content (AvgIpc) is 3.03. The molecule has 5 nitrogen and oxygen atoms in total. The van der Waals surface area contributed by atoms with Gasteiger partial charge in [0.05, 0.1) is 22.0 Å². The van der Waals surface area contributed by atoms with Crippen LogP contribution in [0, 0.1) is 0 Å². The molecule has 1 aliphatic rings. The fourth-order valence-electron chi connectivity index (χ4n) is 3.65. The molecule has 3 heterocycles. The first-order chi connectivity index (χ1) is 14.4. The maximum absolute atomic E-state index is 13.5. The van der Waals surface area contributed by atoms with Gasteiger partial charge in [0, 0.05) is 15.1 Å². The molecule has 2 aromatic heterocycles. The number of halogens is 3. The molecule has 30 heavy (non-hydrogen) atoms. The second-order valence-electron chi connectivity index (χ2n) is 6.78. The Kier molecular flexibility index (Phi) is 4.76. The van der Waals surface area contributed by atoms with E-state index in [1.165, 1.54) is 11.1 Å². The van der Waals surface area contributed by atoms with Crippen molar-refractivity contribution in [3.8, 4) is 0 Å². The number of benzene rings is 2. The van der Waals surface area contributed by atoms with Crippen molar-refractivity contribution in [2.24, 2.45) is 0 Å². The van der Waals surface area contributed by atoms with Gasteiger partial charge < -0.3 is 4.42 Å². The summed E-state index contributed by atoms with van der Waals surface area (Å²) in [5, 5.41) is 0.858. The molecular formula is C22H11Br2ClN2O3. The zero-order valence-corrected chi connectivity index (χ0v) is 19.0. The summed E-state index contributed by atoms with van der Waals surface area (Å²) in [6.45, 7) is 0. The Morgan fingerprint density at radius 1 is 0.967 bits per heavy atom. The Labute approximate surface area is 192 Å². The second-order valence-corrected chi connectivity index (χ2v) is 9.05. The predicted octanol–water partition coefficient (Wildman–Crippen LogP) is 6.12. The maximum Gasteiger partial charge on any atom is 0.296 e. The summed E-state index contributed by atoms with van der Waals surface area (Å²) >= 11 is 12.8. The van der Waals surface area contributed by atoms with Crippen molar-refractivity contribution >= 4 is 66.2 Å². The summed E-state index contributed by atoms with van der Waals surface area (Å²) in [6, 6.07) is 15.2. The van der Waals surface area contributed by atoms with Crippen LogP contribution < -0.4 is 10.3 Å². The van der Waals surface area contributed by atoms with Crippen LogP contribution in [0.25, 0.3) is 11.0 Å². The number of nitrogens with zero attached hydrogens (tertiary/aromatic N) is 2. The third kappa shape index (κ3) is 3.09. The number of carbonyl (C=O) groups excluding carboxylic acids is 1. The molecule has 1 atom stereocenters. The molecule has 1 aliphatic heterocycles. The van der Waals surface area contributed by atoms with Gasteiger partial charge in [-0.25, -0.2) is 4.98 Å². The molecule has 0 saturated carbocycles. The average molecular weight is 547 g/mol. The molecular weight excluding hydrogens is 536 g/mol. The number of rotatable bonds is 2. The van der Waals surface area contributed by atoms with Crippen LogP contribution in [0.15, 0.2) is 79.0 Å². The van der Waals surface area contributed by atoms with Gasteiger partial charge in [-0.05, 0) is 48.0 Å². The van der Waals surface area contributed by atoms with Gasteiger partial charge in [0.2, 0.25) is 5.76 Å². The maximum atomic E-state index is 13.5. The lowest BCUT2D eigenvalue weighted by Crippen LogP contribution is -2.30. The van der Waals surface area contributed by atoms with Crippen LogP contribution in [0.4, 0.5) is 5.82 Å². The molecule has 8 heteroatoms. The molecule has 1 amide bonds. The Balaban J connectivity index is 1.81. The van der Waals surface area contributed by atoms with E-state index in [1.807, 2.05) is 24.3 Å². The smallest absolute Gasteiger partial charge is 0.296 e. The Morgan fingerprint density at radius 2 is 1.70 bits per heavy atom. The number of carbonyl (C=O) groups is 1. The van der Waals surface area contributed by atoms with E-state index < -0.39 is 11.9 Å². The molecule has 1 unspecified atom stereocenters. The Morgan fingerprint density at radius 3 is 2.40 bits per heavy atom. The van der Waals surface area contributed by atoms with Gasteiger partial charge in [-0.2, -0.15) is 0 Å². The van der Waals surface area contributed by atoms with Crippen LogP contribution in [-0.2, 0) is 0 Å². The lowest BCUT2D eigenvalue weighted by molar-refractivity contribution is 0.0970. The standard InChI is InChI=1S/C22H11Br2ClN2O3/c23-12-3-1-11(2-4-12)19-18-20(28)15-9-13(24)5-7-16(15)30-21(18)22(29)27(19)17-8-6-14(25)10-26-17/h1-10,19H. The SMILES string of the molecule is O=C1c2oc3ccc(Br)cc3c(=O)c2C(c2ccc(Br)cc2)N1c1ccc(Cl)cn1. The molecule has 0 bridgehead atoms. The van der Waals surface area contributed by atoms with E-state index in [-0.39, 0.29) is 11.2 Å². The molecule has 0 radical (unpaired) electrons. The van der Waals surface area contributed by atoms with E-state index in [9.17, 15) is 9.59 Å². The third-order valence-electron chi connectivity index (χ3n) is 4.98. The minimum atomic E-state index is -0.672. The molecule has 0 spiro atoms. The molecule has 2 aromatic carbocycles. The van der Waals surface area contributed by atoms with Crippen molar-refractivity contribution in [3.63, 3.8) is 0 Å². The number of fused-ring (bicyclic) bond motifs is 2. The molecule has 0 saturated heterocycles. The summed E-state index contributed by atoms with van der Waals surface area (Å²) in [6.07, 6.45) is 1.47. The van der Waals surface area contributed by atoms with E-state index in [4.69, 9.17) is 16.0 Å². The van der Waals surface area contributed by atoms with Gasteiger partial charge >= 0.3 is 0 Å². The highest BCUT2D eigenvalue weighted by Gasteiger charge is 2.44. The third-order valence-corrected chi connectivity index (χ3v) is 6.22. The normalized spacial score (nSPS) is 15.6. The Bertz CT molecular complexity index is 1370. The van der Waals surface area contributed by atoms with Gasteiger partial charge in [0.25, 0.3) is 5.91 Å². The number of hydrogen-bond donors (Lipinski definition) is 0. The molecule has 148 valence electrons. The number of pyridine rings is 1. The van der Waals surface area contributed by atoms with Gasteiger partial charge in [-0.15, -0.1) is 0 Å². The first-order valence-electron chi connectivity index (χ1n) is 8.91. The predicted molar refractivity (Wildman–Crippen MR) is 122 cm³/mol. The van der Waals surface area contributed by atoms with Crippen molar-refractivity contribution in [1.29, 1.82) is 0 Å². The molecule has 0 N–H and O–H groups in total. The molecule has 0 aliphatic carbocycles. The van der Waals surface area contributed by atoms with Crippen LogP contribution in [0.2, 0.25) is 5.02 Å². The number of amides is 1. The first kappa shape index (κ1) is 19.5. The van der Waals surface area contributed by atoms with Crippen molar-refractivity contribution < 1.29 is 9.21 Å². The van der Waals surface area contributed by atoms with Crippen LogP contribution >= 0.6 is 43.5 Å². The summed E-state index contributed by atoms with van der Waals surface area (Å²) in [5.41, 5.74) is 1.18. The molecule has 5 rings (SSSR count). The quantitative estimate of drug-likeness (QED) is 0.304. The second kappa shape index (κ2) is 7.34. The van der Waals surface area contributed by atoms with Crippen molar-refractivity contribution in [1.82, 2.24) is 4.98 Å². The van der Waals surface area contributed by atoms with Gasteiger partial charge in [-0.3, -0.25) is 14.5 Å². The van der Waals surface area contributed by atoms with Crippen LogP contribution in [0.1, 0.15) is 27.7 Å². The summed E-state index contributed by atoms with van der Waals surface area (Å²) in [7, 11) is 0. The van der Waals surface area contributed by atoms with E-state index >= 15 is 0 Å². The van der Waals surface area contributed by atoms with E-state index in [0.717, 1.165) is 14.5 Å². The number of hydrogen-bond acceptors (Lipinski definition) is 4. The fraction of sp³-hybridized carbons (Fsp3) is 0.0455.